The zero-order chi connectivity index (χ0) is 15.2. The van der Waals surface area contributed by atoms with Crippen LogP contribution in [0.5, 0.6) is 5.75 Å². The molecular weight excluding hydrogens is 332 g/mol. The first kappa shape index (κ1) is 15.5. The molecule has 0 unspecified atom stereocenters. The number of hydrogen-bond donors (Lipinski definition) is 0. The summed E-state index contributed by atoms with van der Waals surface area (Å²) in [6, 6.07) is 11.2. The third kappa shape index (κ3) is 4.04. The Morgan fingerprint density at radius 2 is 2.10 bits per heavy atom. The van der Waals surface area contributed by atoms with Crippen LogP contribution >= 0.6 is 15.9 Å². The van der Waals surface area contributed by atoms with Gasteiger partial charge in [0, 0.05) is 30.9 Å². The first-order valence-electron chi connectivity index (χ1n) is 6.69. The van der Waals surface area contributed by atoms with Gasteiger partial charge in [0.05, 0.1) is 6.61 Å². The molecule has 0 spiro atoms. The molecule has 0 aliphatic carbocycles. The highest BCUT2D eigenvalue weighted by atomic mass is 79.9. The zero-order valence-electron chi connectivity index (χ0n) is 12.0. The van der Waals surface area contributed by atoms with Gasteiger partial charge in [-0.05, 0) is 41.1 Å². The lowest BCUT2D eigenvalue weighted by atomic mass is 10.1. The summed E-state index contributed by atoms with van der Waals surface area (Å²) in [5.74, 6) is 0.764. The van der Waals surface area contributed by atoms with E-state index in [9.17, 15) is 4.79 Å². The standard InChI is InChI=1S/C16H17BrN2O2/c1-3-21-14-7-5-4-6-13(14)11-19(2)16(20)12-8-9-18-15(17)10-12/h4-10H,3,11H2,1-2H3. The number of nitrogens with zero attached hydrogens (tertiary/aromatic N) is 2. The summed E-state index contributed by atoms with van der Waals surface area (Å²) in [6.07, 6.45) is 1.61. The second-order valence-electron chi connectivity index (χ2n) is 4.57. The van der Waals surface area contributed by atoms with E-state index in [1.165, 1.54) is 0 Å². The molecule has 2 rings (SSSR count). The number of benzene rings is 1. The number of rotatable bonds is 5. The predicted molar refractivity (Wildman–Crippen MR) is 85.3 cm³/mol. The fraction of sp³-hybridized carbons (Fsp3) is 0.250. The SMILES string of the molecule is CCOc1ccccc1CN(C)C(=O)c1ccnc(Br)c1. The van der Waals surface area contributed by atoms with Crippen molar-refractivity contribution in [1.82, 2.24) is 9.88 Å². The Labute approximate surface area is 132 Å². The Kier molecular flexibility index (Phi) is 5.33. The van der Waals surface area contributed by atoms with Gasteiger partial charge in [0.1, 0.15) is 10.4 Å². The van der Waals surface area contributed by atoms with Crippen LogP contribution in [0.25, 0.3) is 0 Å². The third-order valence-corrected chi connectivity index (χ3v) is 3.43. The molecule has 0 atom stereocenters. The lowest BCUT2D eigenvalue weighted by Gasteiger charge is -2.19. The van der Waals surface area contributed by atoms with Gasteiger partial charge in [-0.2, -0.15) is 0 Å². The van der Waals surface area contributed by atoms with E-state index in [0.29, 0.717) is 23.3 Å². The summed E-state index contributed by atoms with van der Waals surface area (Å²) in [7, 11) is 1.78. The van der Waals surface area contributed by atoms with E-state index in [2.05, 4.69) is 20.9 Å². The largest absolute Gasteiger partial charge is 0.494 e. The number of ether oxygens (including phenoxy) is 1. The Hall–Kier alpha value is -1.88. The molecule has 2 aromatic rings. The van der Waals surface area contributed by atoms with E-state index in [1.54, 1.807) is 30.3 Å². The molecule has 0 N–H and O–H groups in total. The summed E-state index contributed by atoms with van der Waals surface area (Å²) in [4.78, 5) is 18.1. The summed E-state index contributed by atoms with van der Waals surface area (Å²) < 4.78 is 6.24. The molecule has 0 radical (unpaired) electrons. The summed E-state index contributed by atoms with van der Waals surface area (Å²) in [5, 5.41) is 0. The zero-order valence-corrected chi connectivity index (χ0v) is 13.6. The van der Waals surface area contributed by atoms with Crippen molar-refractivity contribution in [1.29, 1.82) is 0 Å². The molecular formula is C16H17BrN2O2. The Morgan fingerprint density at radius 3 is 2.81 bits per heavy atom. The fourth-order valence-electron chi connectivity index (χ4n) is 2.01. The van der Waals surface area contributed by atoms with Gasteiger partial charge in [0.25, 0.3) is 5.91 Å². The molecule has 110 valence electrons. The monoisotopic (exact) mass is 348 g/mol. The van der Waals surface area contributed by atoms with Gasteiger partial charge in [0.2, 0.25) is 0 Å². The van der Waals surface area contributed by atoms with Crippen LogP contribution in [0, 0.1) is 0 Å². The Bertz CT molecular complexity index is 631. The van der Waals surface area contributed by atoms with E-state index >= 15 is 0 Å². The van der Waals surface area contributed by atoms with E-state index in [1.807, 2.05) is 31.2 Å². The van der Waals surface area contributed by atoms with Gasteiger partial charge in [-0.25, -0.2) is 4.98 Å². The molecule has 0 saturated heterocycles. The van der Waals surface area contributed by atoms with Crippen molar-refractivity contribution in [3.05, 3.63) is 58.3 Å². The molecule has 1 heterocycles. The molecule has 0 bridgehead atoms. The van der Waals surface area contributed by atoms with Gasteiger partial charge in [0.15, 0.2) is 0 Å². The third-order valence-electron chi connectivity index (χ3n) is 3.00. The highest BCUT2D eigenvalue weighted by Gasteiger charge is 2.14. The van der Waals surface area contributed by atoms with Crippen LogP contribution in [-0.2, 0) is 6.54 Å². The van der Waals surface area contributed by atoms with Crippen molar-refractivity contribution in [2.24, 2.45) is 0 Å². The van der Waals surface area contributed by atoms with Gasteiger partial charge in [-0.3, -0.25) is 4.79 Å². The highest BCUT2D eigenvalue weighted by Crippen LogP contribution is 2.20. The maximum Gasteiger partial charge on any atom is 0.254 e. The van der Waals surface area contributed by atoms with Crippen molar-refractivity contribution in [3.8, 4) is 5.75 Å². The fourth-order valence-corrected chi connectivity index (χ4v) is 2.38. The van der Waals surface area contributed by atoms with Crippen molar-refractivity contribution in [2.75, 3.05) is 13.7 Å². The average molecular weight is 349 g/mol. The van der Waals surface area contributed by atoms with E-state index in [0.717, 1.165) is 11.3 Å². The number of aromatic nitrogens is 1. The first-order valence-corrected chi connectivity index (χ1v) is 7.49. The number of carbonyl (C=O) groups excluding carboxylic acids is 1. The van der Waals surface area contributed by atoms with Crippen LogP contribution in [0.1, 0.15) is 22.8 Å². The summed E-state index contributed by atoms with van der Waals surface area (Å²) in [5.41, 5.74) is 1.59. The summed E-state index contributed by atoms with van der Waals surface area (Å²) in [6.45, 7) is 3.04. The number of carbonyl (C=O) groups is 1. The molecule has 0 fully saturated rings. The number of amides is 1. The van der Waals surface area contributed by atoms with Gasteiger partial charge < -0.3 is 9.64 Å². The highest BCUT2D eigenvalue weighted by molar-refractivity contribution is 9.10. The van der Waals surface area contributed by atoms with Crippen LogP contribution < -0.4 is 4.74 Å². The molecule has 1 aromatic heterocycles. The number of pyridine rings is 1. The van der Waals surface area contributed by atoms with Crippen LogP contribution in [0.4, 0.5) is 0 Å². The first-order chi connectivity index (χ1) is 10.1. The number of halogens is 1. The van der Waals surface area contributed by atoms with E-state index in [4.69, 9.17) is 4.74 Å². The smallest absolute Gasteiger partial charge is 0.254 e. The topological polar surface area (TPSA) is 42.4 Å². The quantitative estimate of drug-likeness (QED) is 0.776. The molecule has 0 aliphatic heterocycles. The maximum absolute atomic E-state index is 12.4. The van der Waals surface area contributed by atoms with Crippen LogP contribution in [-0.4, -0.2) is 29.4 Å². The lowest BCUT2D eigenvalue weighted by molar-refractivity contribution is 0.0784. The van der Waals surface area contributed by atoms with Crippen LogP contribution in [0.2, 0.25) is 0 Å². The molecule has 0 aliphatic rings. The minimum atomic E-state index is -0.0515. The van der Waals surface area contributed by atoms with Crippen molar-refractivity contribution >= 4 is 21.8 Å². The average Bonchev–Trinajstić information content (AvgIpc) is 2.48. The minimum absolute atomic E-state index is 0.0515. The molecule has 1 amide bonds. The molecule has 5 heteroatoms. The molecule has 4 nitrogen and oxygen atoms in total. The van der Waals surface area contributed by atoms with Gasteiger partial charge in [-0.15, -0.1) is 0 Å². The second kappa shape index (κ2) is 7.22. The molecule has 21 heavy (non-hydrogen) atoms. The van der Waals surface area contributed by atoms with Crippen molar-refractivity contribution < 1.29 is 9.53 Å². The molecule has 0 saturated carbocycles. The van der Waals surface area contributed by atoms with Crippen LogP contribution in [0.3, 0.4) is 0 Å². The Balaban J connectivity index is 2.14. The second-order valence-corrected chi connectivity index (χ2v) is 5.38. The molecule has 1 aromatic carbocycles. The van der Waals surface area contributed by atoms with Gasteiger partial charge in [-0.1, -0.05) is 18.2 Å². The van der Waals surface area contributed by atoms with Crippen molar-refractivity contribution in [2.45, 2.75) is 13.5 Å². The van der Waals surface area contributed by atoms with Crippen molar-refractivity contribution in [3.63, 3.8) is 0 Å². The van der Waals surface area contributed by atoms with Gasteiger partial charge >= 0.3 is 0 Å². The Morgan fingerprint density at radius 1 is 1.33 bits per heavy atom. The lowest BCUT2D eigenvalue weighted by Crippen LogP contribution is -2.26. The maximum atomic E-state index is 12.4. The van der Waals surface area contributed by atoms with E-state index in [-0.39, 0.29) is 5.91 Å². The normalized spacial score (nSPS) is 10.2. The van der Waals surface area contributed by atoms with Crippen LogP contribution in [0.15, 0.2) is 47.2 Å². The number of para-hydroxylation sites is 1. The minimum Gasteiger partial charge on any atom is -0.494 e. The summed E-state index contributed by atoms with van der Waals surface area (Å²) >= 11 is 3.28. The predicted octanol–water partition coefficient (Wildman–Crippen LogP) is 3.52. The number of hydrogen-bond acceptors (Lipinski definition) is 3. The van der Waals surface area contributed by atoms with E-state index < -0.39 is 0 Å².